The van der Waals surface area contributed by atoms with Crippen molar-refractivity contribution in [2.75, 3.05) is 6.61 Å². The largest absolute Gasteiger partial charge is 0.395 e. The second-order valence-electron chi connectivity index (χ2n) is 6.49. The Kier molecular flexibility index (Phi) is 4.28. The molecular formula is C19H20N4O. The van der Waals surface area contributed by atoms with Gasteiger partial charge in [-0.2, -0.15) is 5.10 Å². The summed E-state index contributed by atoms with van der Waals surface area (Å²) >= 11 is 0. The van der Waals surface area contributed by atoms with Gasteiger partial charge in [0, 0.05) is 17.0 Å². The number of rotatable bonds is 6. The van der Waals surface area contributed by atoms with E-state index in [1.54, 1.807) is 11.0 Å². The molecule has 2 aliphatic rings. The van der Waals surface area contributed by atoms with E-state index in [0.717, 1.165) is 16.8 Å². The zero-order chi connectivity index (χ0) is 16.2. The maximum absolute atomic E-state index is 5.54. The van der Waals surface area contributed by atoms with Crippen molar-refractivity contribution in [3.63, 3.8) is 0 Å². The molecule has 5 nitrogen and oxygen atoms in total. The smallest absolute Gasteiger partial charge is 0.137 e. The Morgan fingerprint density at radius 3 is 2.71 bits per heavy atom. The fourth-order valence-electron chi connectivity index (χ4n) is 2.30. The van der Waals surface area contributed by atoms with Gasteiger partial charge in [-0.25, -0.2) is 9.67 Å². The van der Waals surface area contributed by atoms with Crippen LogP contribution in [0.1, 0.15) is 36.8 Å². The van der Waals surface area contributed by atoms with Gasteiger partial charge in [-0.05, 0) is 43.7 Å². The van der Waals surface area contributed by atoms with Gasteiger partial charge in [0.05, 0.1) is 6.54 Å². The van der Waals surface area contributed by atoms with Crippen LogP contribution in [0.15, 0.2) is 42.1 Å². The number of hydrogen-bond acceptors (Lipinski definition) is 4. The Morgan fingerprint density at radius 2 is 2.04 bits per heavy atom. The van der Waals surface area contributed by atoms with Crippen molar-refractivity contribution in [1.29, 1.82) is 0 Å². The van der Waals surface area contributed by atoms with Crippen molar-refractivity contribution in [1.82, 2.24) is 14.8 Å². The zero-order valence-corrected chi connectivity index (χ0v) is 13.6. The van der Waals surface area contributed by atoms with Crippen LogP contribution in [0.4, 0.5) is 0 Å². The van der Waals surface area contributed by atoms with E-state index in [1.807, 2.05) is 24.3 Å². The van der Waals surface area contributed by atoms with Crippen molar-refractivity contribution >= 4 is 5.71 Å². The molecule has 0 N–H and O–H groups in total. The Morgan fingerprint density at radius 1 is 1.21 bits per heavy atom. The van der Waals surface area contributed by atoms with Crippen LogP contribution in [0.5, 0.6) is 0 Å². The fraction of sp³-hybridized carbons (Fsp3) is 0.421. The minimum atomic E-state index is 0.539. The normalized spacial score (nSPS) is 17.2. The molecule has 5 heteroatoms. The van der Waals surface area contributed by atoms with Gasteiger partial charge in [-0.1, -0.05) is 29.1 Å². The van der Waals surface area contributed by atoms with E-state index in [9.17, 15) is 0 Å². The average Bonchev–Trinajstić information content (AvgIpc) is 3.54. The van der Waals surface area contributed by atoms with Crippen LogP contribution in [0.2, 0.25) is 0 Å². The number of hydrogen-bond donors (Lipinski definition) is 0. The molecule has 2 saturated carbocycles. The summed E-state index contributed by atoms with van der Waals surface area (Å²) in [5, 5.41) is 8.51. The molecule has 0 atom stereocenters. The predicted octanol–water partition coefficient (Wildman–Crippen LogP) is 2.87. The Labute approximate surface area is 141 Å². The van der Waals surface area contributed by atoms with Gasteiger partial charge >= 0.3 is 0 Å². The lowest BCUT2D eigenvalue weighted by atomic mass is 10.1. The Hall–Kier alpha value is -2.61. The summed E-state index contributed by atoms with van der Waals surface area (Å²) in [6.45, 7) is 1.24. The standard InChI is InChI=1S/C19H20N4O/c1-2-15(1)3-4-16-7-9-18(10-8-16)19(11-23-14-20-13-21-23)22-24-12-17-5-6-17/h7-10,13-15,17H,1-2,5-6,11-12H2. The van der Waals surface area contributed by atoms with Crippen molar-refractivity contribution in [3.8, 4) is 11.8 Å². The lowest BCUT2D eigenvalue weighted by Gasteiger charge is -2.07. The summed E-state index contributed by atoms with van der Waals surface area (Å²) < 4.78 is 1.75. The Balaban J connectivity index is 1.48. The zero-order valence-electron chi connectivity index (χ0n) is 13.6. The molecule has 24 heavy (non-hydrogen) atoms. The van der Waals surface area contributed by atoms with Gasteiger partial charge < -0.3 is 4.84 Å². The highest BCUT2D eigenvalue weighted by Gasteiger charge is 2.22. The molecule has 2 fully saturated rings. The first-order valence-electron chi connectivity index (χ1n) is 8.50. The van der Waals surface area contributed by atoms with Crippen molar-refractivity contribution in [3.05, 3.63) is 48.0 Å². The molecule has 1 aromatic carbocycles. The molecule has 0 saturated heterocycles. The van der Waals surface area contributed by atoms with Crippen molar-refractivity contribution < 1.29 is 4.84 Å². The molecule has 0 radical (unpaired) electrons. The minimum Gasteiger partial charge on any atom is -0.395 e. The topological polar surface area (TPSA) is 52.3 Å². The van der Waals surface area contributed by atoms with Gasteiger partial charge in [0.1, 0.15) is 25.0 Å². The highest BCUT2D eigenvalue weighted by Crippen LogP contribution is 2.29. The second-order valence-corrected chi connectivity index (χ2v) is 6.49. The lowest BCUT2D eigenvalue weighted by molar-refractivity contribution is 0.133. The monoisotopic (exact) mass is 320 g/mol. The number of oxime groups is 1. The van der Waals surface area contributed by atoms with E-state index in [-0.39, 0.29) is 0 Å². The quantitative estimate of drug-likeness (QED) is 0.467. The first kappa shape index (κ1) is 14.9. The molecule has 122 valence electrons. The molecule has 0 aliphatic heterocycles. The van der Waals surface area contributed by atoms with Gasteiger partial charge in [0.15, 0.2) is 0 Å². The minimum absolute atomic E-state index is 0.539. The maximum Gasteiger partial charge on any atom is 0.137 e. The van der Waals surface area contributed by atoms with Gasteiger partial charge in [0.2, 0.25) is 0 Å². The lowest BCUT2D eigenvalue weighted by Crippen LogP contribution is -2.13. The summed E-state index contributed by atoms with van der Waals surface area (Å²) in [4.78, 5) is 9.52. The van der Waals surface area contributed by atoms with Gasteiger partial charge in [-0.15, -0.1) is 0 Å². The van der Waals surface area contributed by atoms with Crippen molar-refractivity contribution in [2.24, 2.45) is 17.0 Å². The molecule has 4 rings (SSSR count). The SMILES string of the molecule is C(#CC1CC1)c1ccc(C(Cn2cncn2)=NOCC2CC2)cc1. The summed E-state index contributed by atoms with van der Waals surface area (Å²) in [7, 11) is 0. The van der Waals surface area contributed by atoms with Crippen LogP contribution < -0.4 is 0 Å². The molecule has 0 spiro atoms. The molecule has 1 aromatic heterocycles. The first-order chi connectivity index (χ1) is 11.9. The third-order valence-electron chi connectivity index (χ3n) is 4.18. The van der Waals surface area contributed by atoms with Crippen LogP contribution in [0.3, 0.4) is 0 Å². The summed E-state index contributed by atoms with van der Waals surface area (Å²) in [5.41, 5.74) is 2.92. The molecular weight excluding hydrogens is 300 g/mol. The van der Waals surface area contributed by atoms with Crippen molar-refractivity contribution in [2.45, 2.75) is 32.2 Å². The highest BCUT2D eigenvalue weighted by molar-refractivity contribution is 6.00. The van der Waals surface area contributed by atoms with Crippen LogP contribution in [0, 0.1) is 23.7 Å². The summed E-state index contributed by atoms with van der Waals surface area (Å²) in [5.74, 6) is 7.82. The fourth-order valence-corrected chi connectivity index (χ4v) is 2.30. The van der Waals surface area contributed by atoms with E-state index in [2.05, 4.69) is 27.1 Å². The van der Waals surface area contributed by atoms with E-state index >= 15 is 0 Å². The highest BCUT2D eigenvalue weighted by atomic mass is 16.6. The molecule has 0 amide bonds. The predicted molar refractivity (Wildman–Crippen MR) is 91.3 cm³/mol. The van der Waals surface area contributed by atoms with E-state index in [4.69, 9.17) is 4.84 Å². The Bertz CT molecular complexity index is 760. The van der Waals surface area contributed by atoms with Gasteiger partial charge in [0.25, 0.3) is 0 Å². The van der Waals surface area contributed by atoms with Crippen LogP contribution in [-0.4, -0.2) is 27.1 Å². The summed E-state index contributed by atoms with van der Waals surface area (Å²) in [6, 6.07) is 8.19. The second kappa shape index (κ2) is 6.88. The average molecular weight is 320 g/mol. The molecule has 0 bridgehead atoms. The molecule has 2 aliphatic carbocycles. The van der Waals surface area contributed by atoms with E-state index in [1.165, 1.54) is 32.0 Å². The molecule has 0 unspecified atom stereocenters. The van der Waals surface area contributed by atoms with E-state index in [0.29, 0.717) is 25.0 Å². The van der Waals surface area contributed by atoms with Crippen LogP contribution in [-0.2, 0) is 11.4 Å². The van der Waals surface area contributed by atoms with E-state index < -0.39 is 0 Å². The molecule has 2 aromatic rings. The van der Waals surface area contributed by atoms with Crippen LogP contribution >= 0.6 is 0 Å². The third kappa shape index (κ3) is 4.23. The number of benzene rings is 1. The number of nitrogens with zero attached hydrogens (tertiary/aromatic N) is 4. The van der Waals surface area contributed by atoms with Gasteiger partial charge in [-0.3, -0.25) is 0 Å². The maximum atomic E-state index is 5.54. The van der Waals surface area contributed by atoms with Crippen LogP contribution in [0.25, 0.3) is 0 Å². The first-order valence-corrected chi connectivity index (χ1v) is 8.50. The molecule has 1 heterocycles. The number of aromatic nitrogens is 3. The third-order valence-corrected chi connectivity index (χ3v) is 4.18. The summed E-state index contributed by atoms with van der Waals surface area (Å²) in [6.07, 6.45) is 8.21.